The maximum atomic E-state index is 3.26. The van der Waals surface area contributed by atoms with E-state index in [9.17, 15) is 0 Å². The highest BCUT2D eigenvalue weighted by Crippen LogP contribution is 2.28. The number of nitrogens with zero attached hydrogens (tertiary/aromatic N) is 1. The minimum absolute atomic E-state index is 0.0516. The highest BCUT2D eigenvalue weighted by molar-refractivity contribution is 7.11. The second-order valence-electron chi connectivity index (χ2n) is 8.98. The summed E-state index contributed by atoms with van der Waals surface area (Å²) in [5, 5.41) is 6.57. The molecule has 0 saturated carbocycles. The molecular weight excluding hydrogens is 426 g/mol. The molecule has 166 valence electrons. The van der Waals surface area contributed by atoms with Crippen LogP contribution in [-0.2, 0) is 6.54 Å². The predicted molar refractivity (Wildman–Crippen MR) is 145 cm³/mol. The van der Waals surface area contributed by atoms with E-state index in [1.54, 1.807) is 22.7 Å². The number of hydrogen-bond donors (Lipinski definition) is 0. The Morgan fingerprint density at radius 2 is 1.91 bits per heavy atom. The van der Waals surface area contributed by atoms with Gasteiger partial charge >= 0.3 is 0 Å². The Morgan fingerprint density at radius 3 is 2.66 bits per heavy atom. The molecule has 32 heavy (non-hydrogen) atoms. The Bertz CT molecular complexity index is 1080. The smallest absolute Gasteiger partial charge is 0.0276 e. The molecule has 0 bridgehead atoms. The molecule has 0 atom stereocenters. The van der Waals surface area contributed by atoms with Crippen molar-refractivity contribution in [2.45, 2.75) is 40.7 Å². The zero-order chi connectivity index (χ0) is 22.8. The molecule has 1 aromatic carbocycles. The van der Waals surface area contributed by atoms with Gasteiger partial charge in [-0.15, -0.1) is 11.3 Å². The monoisotopic (exact) mass is 459 g/mol. The van der Waals surface area contributed by atoms with Crippen molar-refractivity contribution in [1.82, 2.24) is 4.90 Å². The Morgan fingerprint density at radius 1 is 1.03 bits per heavy atom. The van der Waals surface area contributed by atoms with Gasteiger partial charge in [-0.05, 0) is 96.4 Å². The van der Waals surface area contributed by atoms with E-state index in [0.29, 0.717) is 0 Å². The molecule has 0 aliphatic heterocycles. The van der Waals surface area contributed by atoms with E-state index >= 15 is 0 Å². The van der Waals surface area contributed by atoms with Crippen molar-refractivity contribution in [1.29, 1.82) is 0 Å². The molecule has 0 spiro atoms. The van der Waals surface area contributed by atoms with Gasteiger partial charge in [0.25, 0.3) is 0 Å². The number of allylic oxidation sites excluding steroid dienone is 1. The van der Waals surface area contributed by atoms with Crippen LogP contribution in [0.5, 0.6) is 0 Å². The summed E-state index contributed by atoms with van der Waals surface area (Å²) < 4.78 is 0. The lowest BCUT2D eigenvalue weighted by atomic mass is 9.98. The van der Waals surface area contributed by atoms with Crippen molar-refractivity contribution >= 4 is 34.8 Å². The van der Waals surface area contributed by atoms with E-state index in [2.05, 4.69) is 115 Å². The van der Waals surface area contributed by atoms with Crippen LogP contribution in [0.4, 0.5) is 0 Å². The van der Waals surface area contributed by atoms with E-state index in [4.69, 9.17) is 0 Å². The fourth-order valence-corrected chi connectivity index (χ4v) is 4.80. The van der Waals surface area contributed by atoms with E-state index < -0.39 is 0 Å². The maximum Gasteiger partial charge on any atom is 0.0276 e. The van der Waals surface area contributed by atoms with Crippen molar-refractivity contribution in [3.63, 3.8) is 0 Å². The first-order valence-electron chi connectivity index (χ1n) is 11.2. The SMILES string of the molecule is CCCN(CC=CC#CC(C)(C)C)Cc1cccc(C=Cc2cc(-c3ccsc3)cs2)c1. The largest absolute Gasteiger partial charge is 0.295 e. The number of hydrogen-bond acceptors (Lipinski definition) is 3. The summed E-state index contributed by atoms with van der Waals surface area (Å²) in [7, 11) is 0. The molecule has 0 aliphatic carbocycles. The first kappa shape index (κ1) is 24.3. The zero-order valence-electron chi connectivity index (χ0n) is 19.6. The fourth-order valence-electron chi connectivity index (χ4n) is 3.32. The Hall–Kier alpha value is -2.38. The first-order chi connectivity index (χ1) is 15.4. The Kier molecular flexibility index (Phi) is 9.11. The molecule has 3 rings (SSSR count). The molecule has 0 fully saturated rings. The van der Waals surface area contributed by atoms with Crippen molar-refractivity contribution in [2.75, 3.05) is 13.1 Å². The molecule has 0 saturated heterocycles. The predicted octanol–water partition coefficient (Wildman–Crippen LogP) is 8.46. The summed E-state index contributed by atoms with van der Waals surface area (Å²) in [6.07, 6.45) is 9.77. The topological polar surface area (TPSA) is 3.24 Å². The molecule has 0 unspecified atom stereocenters. The third kappa shape index (κ3) is 8.28. The summed E-state index contributed by atoms with van der Waals surface area (Å²) >= 11 is 3.54. The van der Waals surface area contributed by atoms with E-state index in [1.807, 2.05) is 6.08 Å². The van der Waals surface area contributed by atoms with E-state index in [0.717, 1.165) is 26.1 Å². The summed E-state index contributed by atoms with van der Waals surface area (Å²) in [4.78, 5) is 3.76. The Labute approximate surface area is 202 Å². The average molecular weight is 460 g/mol. The maximum absolute atomic E-state index is 3.26. The minimum Gasteiger partial charge on any atom is -0.295 e. The third-order valence-electron chi connectivity index (χ3n) is 4.82. The van der Waals surface area contributed by atoms with Gasteiger partial charge in [-0.2, -0.15) is 11.3 Å². The highest BCUT2D eigenvalue weighted by Gasteiger charge is 2.05. The van der Waals surface area contributed by atoms with Gasteiger partial charge in [0.15, 0.2) is 0 Å². The number of benzene rings is 1. The lowest BCUT2D eigenvalue weighted by molar-refractivity contribution is 0.295. The zero-order valence-corrected chi connectivity index (χ0v) is 21.2. The lowest BCUT2D eigenvalue weighted by Crippen LogP contribution is -2.24. The van der Waals surface area contributed by atoms with Gasteiger partial charge in [0, 0.05) is 23.4 Å². The van der Waals surface area contributed by atoms with E-state index in [-0.39, 0.29) is 5.41 Å². The fraction of sp³-hybridized carbons (Fsp3) is 0.310. The van der Waals surface area contributed by atoms with Crippen molar-refractivity contribution in [3.8, 4) is 23.0 Å². The van der Waals surface area contributed by atoms with Gasteiger partial charge in [0.1, 0.15) is 0 Å². The van der Waals surface area contributed by atoms with Gasteiger partial charge in [0.05, 0.1) is 0 Å². The van der Waals surface area contributed by atoms with Gasteiger partial charge < -0.3 is 0 Å². The number of thiophene rings is 2. The Balaban J connectivity index is 1.61. The van der Waals surface area contributed by atoms with Gasteiger partial charge in [-0.1, -0.05) is 55.2 Å². The summed E-state index contributed by atoms with van der Waals surface area (Å²) in [6, 6.07) is 13.3. The second-order valence-corrected chi connectivity index (χ2v) is 10.7. The quantitative estimate of drug-likeness (QED) is 0.290. The summed E-state index contributed by atoms with van der Waals surface area (Å²) in [5.41, 5.74) is 5.26. The van der Waals surface area contributed by atoms with Crippen LogP contribution in [0.2, 0.25) is 0 Å². The van der Waals surface area contributed by atoms with Crippen LogP contribution in [0, 0.1) is 17.3 Å². The van der Waals surface area contributed by atoms with E-state index in [1.165, 1.54) is 27.1 Å². The van der Waals surface area contributed by atoms with Crippen molar-refractivity contribution < 1.29 is 0 Å². The molecule has 0 N–H and O–H groups in total. The van der Waals surface area contributed by atoms with Crippen LogP contribution in [0.3, 0.4) is 0 Å². The van der Waals surface area contributed by atoms with Gasteiger partial charge in [-0.25, -0.2) is 0 Å². The van der Waals surface area contributed by atoms with Crippen LogP contribution in [0.1, 0.15) is 50.1 Å². The van der Waals surface area contributed by atoms with Crippen LogP contribution in [0.15, 0.2) is 64.7 Å². The van der Waals surface area contributed by atoms with Gasteiger partial charge in [0.2, 0.25) is 0 Å². The molecule has 0 radical (unpaired) electrons. The standard InChI is InChI=1S/C29H33NS2/c1-5-16-30(17-8-6-7-15-29(2,3)4)21-25-11-9-10-24(19-25)12-13-28-20-27(23-32-28)26-14-18-31-22-26/h6,8-14,18-20,22-23H,5,16-17,21H2,1-4H3. The van der Waals surface area contributed by atoms with Crippen molar-refractivity contribution in [3.05, 3.63) is 80.7 Å². The minimum atomic E-state index is 0.0516. The second kappa shape index (κ2) is 12.0. The molecule has 0 aliphatic rings. The van der Waals surface area contributed by atoms with Crippen LogP contribution < -0.4 is 0 Å². The normalized spacial score (nSPS) is 12.0. The molecule has 0 amide bonds. The van der Waals surface area contributed by atoms with Gasteiger partial charge in [-0.3, -0.25) is 4.90 Å². The number of rotatable bonds is 9. The average Bonchev–Trinajstić information content (AvgIpc) is 3.43. The summed E-state index contributed by atoms with van der Waals surface area (Å²) in [5.74, 6) is 6.43. The molecular formula is C29H33NS2. The highest BCUT2D eigenvalue weighted by atomic mass is 32.1. The molecule has 3 heteroatoms. The van der Waals surface area contributed by atoms with Crippen LogP contribution in [-0.4, -0.2) is 18.0 Å². The first-order valence-corrected chi connectivity index (χ1v) is 13.0. The molecule has 3 aromatic rings. The molecule has 2 heterocycles. The molecule has 2 aromatic heterocycles. The lowest BCUT2D eigenvalue weighted by Gasteiger charge is -2.20. The summed E-state index contributed by atoms with van der Waals surface area (Å²) in [6.45, 7) is 11.6. The molecule has 1 nitrogen and oxygen atoms in total. The van der Waals surface area contributed by atoms with Crippen LogP contribution in [0.25, 0.3) is 23.3 Å². The van der Waals surface area contributed by atoms with Crippen LogP contribution >= 0.6 is 22.7 Å². The third-order valence-corrected chi connectivity index (χ3v) is 6.40. The van der Waals surface area contributed by atoms with Crippen molar-refractivity contribution in [2.24, 2.45) is 5.41 Å².